The third kappa shape index (κ3) is 6.70. The fourth-order valence-corrected chi connectivity index (χ4v) is 2.87. The highest BCUT2D eigenvalue weighted by molar-refractivity contribution is 5.89. The number of carbonyl (C=O) groups is 2. The number of carbonyl (C=O) groups excluding carboxylic acids is 2. The highest BCUT2D eigenvalue weighted by Crippen LogP contribution is 2.28. The molecule has 0 saturated carbocycles. The number of hydrogen-bond donors (Lipinski definition) is 3. The number of guanidine groups is 1. The van der Waals surface area contributed by atoms with Gasteiger partial charge in [0.05, 0.1) is 30.9 Å². The van der Waals surface area contributed by atoms with Crippen LogP contribution in [0.3, 0.4) is 0 Å². The number of esters is 1. The zero-order chi connectivity index (χ0) is 21.5. The number of alkyl halides is 3. The van der Waals surface area contributed by atoms with E-state index in [1.165, 1.54) is 6.08 Å². The van der Waals surface area contributed by atoms with Crippen molar-refractivity contribution in [2.75, 3.05) is 6.61 Å². The SMILES string of the molecule is CCOC(=O)C1=C[C@@H](OC(CC)CC)[C@H](NC(=O)C(F)(F)F)[C@@H](N=C(N)N)C1. The summed E-state index contributed by atoms with van der Waals surface area (Å²) in [6.45, 7) is 5.45. The van der Waals surface area contributed by atoms with Crippen molar-refractivity contribution in [2.24, 2.45) is 16.5 Å². The van der Waals surface area contributed by atoms with Gasteiger partial charge < -0.3 is 26.3 Å². The summed E-state index contributed by atoms with van der Waals surface area (Å²) < 4.78 is 49.2. The van der Waals surface area contributed by atoms with Crippen molar-refractivity contribution >= 4 is 17.8 Å². The molecular weight excluding hydrogens is 381 g/mol. The molecule has 1 aliphatic carbocycles. The maximum absolute atomic E-state index is 12.8. The van der Waals surface area contributed by atoms with Crippen LogP contribution in [0.15, 0.2) is 16.6 Å². The molecule has 28 heavy (non-hydrogen) atoms. The molecule has 1 amide bonds. The van der Waals surface area contributed by atoms with E-state index in [2.05, 4.69) is 4.99 Å². The van der Waals surface area contributed by atoms with E-state index in [1.807, 2.05) is 19.2 Å². The lowest BCUT2D eigenvalue weighted by Crippen LogP contribution is -2.56. The first-order chi connectivity index (χ1) is 13.0. The molecule has 0 saturated heterocycles. The number of amides is 1. The van der Waals surface area contributed by atoms with Crippen LogP contribution in [0.5, 0.6) is 0 Å². The quantitative estimate of drug-likeness (QED) is 0.314. The van der Waals surface area contributed by atoms with Gasteiger partial charge in [-0.3, -0.25) is 4.79 Å². The van der Waals surface area contributed by atoms with Gasteiger partial charge in [0, 0.05) is 12.0 Å². The molecule has 8 nitrogen and oxygen atoms in total. The summed E-state index contributed by atoms with van der Waals surface area (Å²) >= 11 is 0. The monoisotopic (exact) mass is 408 g/mol. The Balaban J connectivity index is 3.32. The molecule has 0 fully saturated rings. The van der Waals surface area contributed by atoms with Gasteiger partial charge in [0.15, 0.2) is 5.96 Å². The van der Waals surface area contributed by atoms with Gasteiger partial charge in [-0.15, -0.1) is 0 Å². The van der Waals surface area contributed by atoms with E-state index in [0.717, 1.165) is 0 Å². The van der Waals surface area contributed by atoms with Crippen LogP contribution in [-0.4, -0.2) is 54.9 Å². The van der Waals surface area contributed by atoms with Gasteiger partial charge in [0.2, 0.25) is 0 Å². The number of ether oxygens (including phenoxy) is 2. The maximum Gasteiger partial charge on any atom is 0.471 e. The van der Waals surface area contributed by atoms with E-state index in [0.29, 0.717) is 12.8 Å². The van der Waals surface area contributed by atoms with Gasteiger partial charge >= 0.3 is 18.1 Å². The molecule has 5 N–H and O–H groups in total. The lowest BCUT2D eigenvalue weighted by molar-refractivity contribution is -0.175. The molecule has 0 spiro atoms. The first-order valence-corrected chi connectivity index (χ1v) is 9.03. The average Bonchev–Trinajstić information content (AvgIpc) is 2.60. The first-order valence-electron chi connectivity index (χ1n) is 9.03. The first kappa shape index (κ1) is 23.7. The minimum absolute atomic E-state index is 0.109. The molecular formula is C17H27F3N4O4. The number of aliphatic imine (C=N–C) groups is 1. The van der Waals surface area contributed by atoms with Gasteiger partial charge in [-0.1, -0.05) is 13.8 Å². The molecule has 11 heteroatoms. The number of halogens is 3. The fourth-order valence-electron chi connectivity index (χ4n) is 2.87. The Labute approximate surface area is 161 Å². The van der Waals surface area contributed by atoms with Crippen molar-refractivity contribution in [1.82, 2.24) is 5.32 Å². The van der Waals surface area contributed by atoms with Crippen LogP contribution in [0, 0.1) is 0 Å². The normalized spacial score (nSPS) is 22.4. The van der Waals surface area contributed by atoms with Gasteiger partial charge in [-0.05, 0) is 25.8 Å². The Morgan fingerprint density at radius 2 is 1.89 bits per heavy atom. The molecule has 0 bridgehead atoms. The predicted octanol–water partition coefficient (Wildman–Crippen LogP) is 1.14. The Morgan fingerprint density at radius 1 is 1.29 bits per heavy atom. The van der Waals surface area contributed by atoms with Crippen LogP contribution in [-0.2, 0) is 19.1 Å². The molecule has 0 aromatic rings. The fraction of sp³-hybridized carbons (Fsp3) is 0.706. The largest absolute Gasteiger partial charge is 0.471 e. The molecule has 1 aliphatic rings. The molecule has 0 aromatic carbocycles. The lowest BCUT2D eigenvalue weighted by atomic mass is 9.87. The zero-order valence-electron chi connectivity index (χ0n) is 16.1. The second kappa shape index (κ2) is 10.3. The van der Waals surface area contributed by atoms with Crippen LogP contribution in [0.25, 0.3) is 0 Å². The van der Waals surface area contributed by atoms with Crippen LogP contribution in [0.2, 0.25) is 0 Å². The Bertz CT molecular complexity index is 614. The van der Waals surface area contributed by atoms with Gasteiger partial charge in [0.25, 0.3) is 0 Å². The van der Waals surface area contributed by atoms with Gasteiger partial charge in [0.1, 0.15) is 0 Å². The summed E-state index contributed by atoms with van der Waals surface area (Å²) in [7, 11) is 0. The molecule has 0 aliphatic heterocycles. The summed E-state index contributed by atoms with van der Waals surface area (Å²) in [5, 5.41) is 1.91. The summed E-state index contributed by atoms with van der Waals surface area (Å²) in [6.07, 6.45) is -4.00. The second-order valence-corrected chi connectivity index (χ2v) is 6.27. The highest BCUT2D eigenvalue weighted by atomic mass is 19.4. The standard InChI is InChI=1S/C17H27F3N4O4/c1-4-10(5-2)28-12-8-9(14(25)27-6-3)7-11(23-16(21)22)13(12)24-15(26)17(18,19)20/h8,10-13H,4-7H2,1-3H3,(H,24,26)(H4,21,22,23)/t11-,12+,13+/m0/s1. The van der Waals surface area contributed by atoms with Gasteiger partial charge in [-0.2, -0.15) is 13.2 Å². The molecule has 0 aromatic heterocycles. The average molecular weight is 408 g/mol. The molecule has 160 valence electrons. The molecule has 0 radical (unpaired) electrons. The Hall–Kier alpha value is -2.30. The summed E-state index contributed by atoms with van der Waals surface area (Å²) in [5.41, 5.74) is 11.0. The number of nitrogens with two attached hydrogens (primary N) is 2. The molecule has 0 heterocycles. The van der Waals surface area contributed by atoms with Gasteiger partial charge in [-0.25, -0.2) is 9.79 Å². The second-order valence-electron chi connectivity index (χ2n) is 6.27. The van der Waals surface area contributed by atoms with Crippen molar-refractivity contribution in [3.8, 4) is 0 Å². The summed E-state index contributed by atoms with van der Waals surface area (Å²) in [4.78, 5) is 27.6. The van der Waals surface area contributed by atoms with Crippen molar-refractivity contribution in [3.05, 3.63) is 11.6 Å². The van der Waals surface area contributed by atoms with Crippen molar-refractivity contribution in [2.45, 2.75) is 70.5 Å². The molecule has 0 unspecified atom stereocenters. The minimum atomic E-state index is -5.09. The van der Waals surface area contributed by atoms with E-state index in [9.17, 15) is 22.8 Å². The Kier molecular flexibility index (Phi) is 8.73. The lowest BCUT2D eigenvalue weighted by Gasteiger charge is -2.36. The van der Waals surface area contributed by atoms with E-state index >= 15 is 0 Å². The number of nitrogens with one attached hydrogen (secondary N) is 1. The summed E-state index contributed by atoms with van der Waals surface area (Å²) in [5.74, 6) is -3.17. The van der Waals surface area contributed by atoms with Crippen LogP contribution in [0.1, 0.15) is 40.0 Å². The smallest absolute Gasteiger partial charge is 0.463 e. The third-order valence-corrected chi connectivity index (χ3v) is 4.23. The topological polar surface area (TPSA) is 129 Å². The predicted molar refractivity (Wildman–Crippen MR) is 96.2 cm³/mol. The maximum atomic E-state index is 12.8. The Morgan fingerprint density at radius 3 is 2.36 bits per heavy atom. The van der Waals surface area contributed by atoms with E-state index in [-0.39, 0.29) is 30.7 Å². The molecule has 3 atom stereocenters. The highest BCUT2D eigenvalue weighted by Gasteiger charge is 2.45. The minimum Gasteiger partial charge on any atom is -0.463 e. The van der Waals surface area contributed by atoms with E-state index < -0.39 is 36.2 Å². The third-order valence-electron chi connectivity index (χ3n) is 4.23. The van der Waals surface area contributed by atoms with Crippen molar-refractivity contribution < 1.29 is 32.2 Å². The zero-order valence-corrected chi connectivity index (χ0v) is 16.1. The van der Waals surface area contributed by atoms with E-state index in [1.54, 1.807) is 6.92 Å². The number of nitrogens with zero attached hydrogens (tertiary/aromatic N) is 1. The number of hydrogen-bond acceptors (Lipinski definition) is 5. The van der Waals surface area contributed by atoms with Crippen LogP contribution < -0.4 is 16.8 Å². The number of rotatable bonds is 8. The van der Waals surface area contributed by atoms with Crippen LogP contribution >= 0.6 is 0 Å². The van der Waals surface area contributed by atoms with E-state index in [4.69, 9.17) is 20.9 Å². The van der Waals surface area contributed by atoms with Crippen LogP contribution in [0.4, 0.5) is 13.2 Å². The molecule has 1 rings (SSSR count). The summed E-state index contributed by atoms with van der Waals surface area (Å²) in [6, 6.07) is -2.24. The van der Waals surface area contributed by atoms with Crippen molar-refractivity contribution in [3.63, 3.8) is 0 Å². The van der Waals surface area contributed by atoms with Crippen molar-refractivity contribution in [1.29, 1.82) is 0 Å².